The van der Waals surface area contributed by atoms with E-state index in [-0.39, 0.29) is 11.6 Å². The number of nitrogens with one attached hydrogen (secondary N) is 1. The molecule has 0 spiro atoms. The predicted molar refractivity (Wildman–Crippen MR) is 100 cm³/mol. The third kappa shape index (κ3) is 4.96. The fraction of sp³-hybridized carbons (Fsp3) is 0.389. The van der Waals surface area contributed by atoms with Gasteiger partial charge in [0.05, 0.1) is 11.4 Å². The molecule has 0 aliphatic rings. The summed E-state index contributed by atoms with van der Waals surface area (Å²) in [5.41, 5.74) is 13.4. The first-order chi connectivity index (χ1) is 12.4. The number of nitriles is 1. The van der Waals surface area contributed by atoms with Crippen molar-refractivity contribution >= 4 is 11.8 Å². The van der Waals surface area contributed by atoms with Crippen molar-refractivity contribution in [2.45, 2.75) is 26.7 Å². The van der Waals surface area contributed by atoms with E-state index < -0.39 is 0 Å². The molecule has 0 amide bonds. The van der Waals surface area contributed by atoms with E-state index in [4.69, 9.17) is 11.5 Å². The van der Waals surface area contributed by atoms with Crippen LogP contribution in [0.2, 0.25) is 0 Å². The third-order valence-electron chi connectivity index (χ3n) is 3.70. The van der Waals surface area contributed by atoms with Crippen molar-refractivity contribution in [2.24, 2.45) is 16.6 Å². The summed E-state index contributed by atoms with van der Waals surface area (Å²) < 4.78 is 14.5. The van der Waals surface area contributed by atoms with Crippen molar-refractivity contribution in [1.29, 1.82) is 5.26 Å². The minimum Gasteiger partial charge on any atom is -0.382 e. The molecule has 1 heterocycles. The van der Waals surface area contributed by atoms with Crippen LogP contribution in [-0.2, 0) is 6.42 Å². The first kappa shape index (κ1) is 19.2. The van der Waals surface area contributed by atoms with E-state index in [2.05, 4.69) is 35.3 Å². The van der Waals surface area contributed by atoms with Gasteiger partial charge in [0.15, 0.2) is 5.96 Å². The standard InChI is InChI=1S/C18H24FN7/c1-12(2)11-24-18(22)23-9-3-4-16-15(10-20)17(21)26(25-16)14-7-5-13(19)6-8-14/h5-8,12H,3-4,9,11,21H2,1-2H3,(H3,22,23,24). The minimum atomic E-state index is -0.344. The van der Waals surface area contributed by atoms with E-state index in [1.54, 1.807) is 12.1 Å². The highest BCUT2D eigenvalue weighted by Gasteiger charge is 2.16. The Bertz CT molecular complexity index is 800. The van der Waals surface area contributed by atoms with Crippen LogP contribution >= 0.6 is 0 Å². The van der Waals surface area contributed by atoms with Crippen LogP contribution in [0, 0.1) is 23.1 Å². The van der Waals surface area contributed by atoms with Crippen LogP contribution in [-0.4, -0.2) is 28.8 Å². The average Bonchev–Trinajstić information content (AvgIpc) is 2.93. The maximum absolute atomic E-state index is 13.1. The Labute approximate surface area is 152 Å². The molecule has 8 heteroatoms. The summed E-state index contributed by atoms with van der Waals surface area (Å²) in [5.74, 6) is 0.769. The number of nitrogen functional groups attached to an aromatic ring is 1. The van der Waals surface area contributed by atoms with Crippen molar-refractivity contribution < 1.29 is 4.39 Å². The van der Waals surface area contributed by atoms with Gasteiger partial charge in [-0.15, -0.1) is 0 Å². The van der Waals surface area contributed by atoms with E-state index >= 15 is 0 Å². The quantitative estimate of drug-likeness (QED) is 0.398. The molecule has 138 valence electrons. The summed E-state index contributed by atoms with van der Waals surface area (Å²) in [6.07, 6.45) is 1.28. The molecule has 0 unspecified atom stereocenters. The van der Waals surface area contributed by atoms with Crippen molar-refractivity contribution in [3.63, 3.8) is 0 Å². The molecule has 5 N–H and O–H groups in total. The maximum Gasteiger partial charge on any atom is 0.188 e. The number of aliphatic imine (C=N–C) groups is 1. The number of benzene rings is 1. The molecule has 1 aromatic heterocycles. The van der Waals surface area contributed by atoms with Gasteiger partial charge in [0.1, 0.15) is 23.3 Å². The van der Waals surface area contributed by atoms with Crippen LogP contribution in [0.3, 0.4) is 0 Å². The highest BCUT2D eigenvalue weighted by molar-refractivity contribution is 5.77. The summed E-state index contributed by atoms with van der Waals surface area (Å²) in [4.78, 5) is 4.23. The van der Waals surface area contributed by atoms with Crippen LogP contribution in [0.5, 0.6) is 0 Å². The Hall–Kier alpha value is -3.08. The number of anilines is 1. The molecule has 0 aliphatic carbocycles. The van der Waals surface area contributed by atoms with Crippen LogP contribution < -0.4 is 16.8 Å². The number of aryl methyl sites for hydroxylation is 1. The van der Waals surface area contributed by atoms with Crippen LogP contribution in [0.1, 0.15) is 31.5 Å². The second-order valence-corrected chi connectivity index (χ2v) is 6.36. The van der Waals surface area contributed by atoms with E-state index in [0.717, 1.165) is 0 Å². The Morgan fingerprint density at radius 3 is 2.69 bits per heavy atom. The fourth-order valence-corrected chi connectivity index (χ4v) is 2.36. The Morgan fingerprint density at radius 1 is 1.38 bits per heavy atom. The van der Waals surface area contributed by atoms with E-state index in [9.17, 15) is 9.65 Å². The Morgan fingerprint density at radius 2 is 2.08 bits per heavy atom. The SMILES string of the molecule is CC(C)CN=C(N)NCCCc1nn(-c2ccc(F)cc2)c(N)c1C#N. The monoisotopic (exact) mass is 357 g/mol. The number of rotatable bonds is 7. The normalized spacial score (nSPS) is 11.6. The van der Waals surface area contributed by atoms with Crippen molar-refractivity contribution in [2.75, 3.05) is 18.8 Å². The molecular weight excluding hydrogens is 333 g/mol. The first-order valence-corrected chi connectivity index (χ1v) is 8.49. The molecule has 0 atom stereocenters. The summed E-state index contributed by atoms with van der Waals surface area (Å²) in [6.45, 7) is 5.43. The second kappa shape index (κ2) is 8.85. The zero-order chi connectivity index (χ0) is 19.1. The van der Waals surface area contributed by atoms with Crippen LogP contribution in [0.4, 0.5) is 10.2 Å². The maximum atomic E-state index is 13.1. The predicted octanol–water partition coefficient (Wildman–Crippen LogP) is 1.96. The summed E-state index contributed by atoms with van der Waals surface area (Å²) in [5, 5.41) is 16.8. The largest absolute Gasteiger partial charge is 0.382 e. The Balaban J connectivity index is 2.02. The molecule has 0 aliphatic heterocycles. The van der Waals surface area contributed by atoms with E-state index in [0.29, 0.717) is 54.8 Å². The number of hydrogen-bond acceptors (Lipinski definition) is 4. The zero-order valence-electron chi connectivity index (χ0n) is 15.0. The molecule has 0 saturated carbocycles. The lowest BCUT2D eigenvalue weighted by atomic mass is 10.1. The lowest BCUT2D eigenvalue weighted by Gasteiger charge is -2.06. The summed E-state index contributed by atoms with van der Waals surface area (Å²) in [7, 11) is 0. The lowest BCUT2D eigenvalue weighted by Crippen LogP contribution is -2.33. The average molecular weight is 357 g/mol. The van der Waals surface area contributed by atoms with Gasteiger partial charge < -0.3 is 16.8 Å². The van der Waals surface area contributed by atoms with Crippen molar-refractivity contribution in [3.8, 4) is 11.8 Å². The first-order valence-electron chi connectivity index (χ1n) is 8.49. The third-order valence-corrected chi connectivity index (χ3v) is 3.70. The lowest BCUT2D eigenvalue weighted by molar-refractivity contribution is 0.627. The highest BCUT2D eigenvalue weighted by Crippen LogP contribution is 2.21. The molecule has 1 aromatic carbocycles. The van der Waals surface area contributed by atoms with Gasteiger partial charge >= 0.3 is 0 Å². The van der Waals surface area contributed by atoms with Gasteiger partial charge in [-0.05, 0) is 43.0 Å². The topological polar surface area (TPSA) is 118 Å². The molecule has 2 aromatic rings. The number of nitrogens with zero attached hydrogens (tertiary/aromatic N) is 4. The van der Waals surface area contributed by atoms with Crippen LogP contribution in [0.15, 0.2) is 29.3 Å². The number of guanidine groups is 1. The van der Waals surface area contributed by atoms with Gasteiger partial charge in [0, 0.05) is 13.1 Å². The van der Waals surface area contributed by atoms with E-state index in [1.165, 1.54) is 16.8 Å². The zero-order valence-corrected chi connectivity index (χ0v) is 15.0. The van der Waals surface area contributed by atoms with Gasteiger partial charge in [-0.25, -0.2) is 9.07 Å². The van der Waals surface area contributed by atoms with Gasteiger partial charge in [-0.2, -0.15) is 10.4 Å². The minimum absolute atomic E-state index is 0.250. The Kier molecular flexibility index (Phi) is 6.55. The van der Waals surface area contributed by atoms with Crippen LogP contribution in [0.25, 0.3) is 5.69 Å². The smallest absolute Gasteiger partial charge is 0.188 e. The molecular formula is C18H24FN7. The van der Waals surface area contributed by atoms with Gasteiger partial charge in [-0.3, -0.25) is 4.99 Å². The molecule has 2 rings (SSSR count). The van der Waals surface area contributed by atoms with Crippen molar-refractivity contribution in [1.82, 2.24) is 15.1 Å². The number of nitrogens with two attached hydrogens (primary N) is 2. The molecule has 0 saturated heterocycles. The molecule has 0 radical (unpaired) electrons. The molecule has 26 heavy (non-hydrogen) atoms. The number of halogens is 1. The molecule has 0 bridgehead atoms. The summed E-state index contributed by atoms with van der Waals surface area (Å²) >= 11 is 0. The van der Waals surface area contributed by atoms with E-state index in [1.807, 2.05) is 0 Å². The van der Waals surface area contributed by atoms with Gasteiger partial charge in [0.25, 0.3) is 0 Å². The van der Waals surface area contributed by atoms with Crippen molar-refractivity contribution in [3.05, 3.63) is 41.3 Å². The fourth-order valence-electron chi connectivity index (χ4n) is 2.36. The molecule has 0 fully saturated rings. The van der Waals surface area contributed by atoms with Gasteiger partial charge in [0.2, 0.25) is 0 Å². The number of hydrogen-bond donors (Lipinski definition) is 3. The number of aromatic nitrogens is 2. The second-order valence-electron chi connectivity index (χ2n) is 6.36. The van der Waals surface area contributed by atoms with Gasteiger partial charge in [-0.1, -0.05) is 13.8 Å². The summed E-state index contributed by atoms with van der Waals surface area (Å²) in [6, 6.07) is 7.88. The molecule has 7 nitrogen and oxygen atoms in total. The highest BCUT2D eigenvalue weighted by atomic mass is 19.1.